The summed E-state index contributed by atoms with van der Waals surface area (Å²) in [5.41, 5.74) is 7.23. The second kappa shape index (κ2) is 6.49. The molecule has 21 heavy (non-hydrogen) atoms. The van der Waals surface area contributed by atoms with E-state index in [1.165, 1.54) is 12.1 Å². The number of aryl methyl sites for hydroxylation is 1. The standard InChI is InChI=1S/C15H15FN2O2S/c1-10-4-2-3-5-13(10)18-15(19)9-21(20)14-7-6-11(17)8-12(14)16/h2-8H,9,17H2,1H3,(H,18,19). The fourth-order valence-corrected chi connectivity index (χ4v) is 2.76. The van der Waals surface area contributed by atoms with Crippen molar-refractivity contribution in [3.63, 3.8) is 0 Å². The summed E-state index contributed by atoms with van der Waals surface area (Å²) in [6, 6.07) is 11.1. The first-order valence-electron chi connectivity index (χ1n) is 6.26. The molecule has 0 aliphatic heterocycles. The molecule has 0 spiro atoms. The molecule has 1 unspecified atom stereocenters. The number of carbonyl (C=O) groups excluding carboxylic acids is 1. The van der Waals surface area contributed by atoms with Gasteiger partial charge in [-0.15, -0.1) is 0 Å². The van der Waals surface area contributed by atoms with E-state index in [4.69, 9.17) is 5.73 Å². The number of carbonyl (C=O) groups is 1. The summed E-state index contributed by atoms with van der Waals surface area (Å²) in [5.74, 6) is -1.41. The smallest absolute Gasteiger partial charge is 0.237 e. The molecule has 4 nitrogen and oxygen atoms in total. The molecule has 2 aromatic carbocycles. The molecular weight excluding hydrogens is 291 g/mol. The van der Waals surface area contributed by atoms with Crippen LogP contribution in [0.5, 0.6) is 0 Å². The second-order valence-corrected chi connectivity index (χ2v) is 5.96. The molecule has 1 atom stereocenters. The molecule has 1 amide bonds. The highest BCUT2D eigenvalue weighted by Crippen LogP contribution is 2.17. The van der Waals surface area contributed by atoms with Gasteiger partial charge in [-0.25, -0.2) is 4.39 Å². The van der Waals surface area contributed by atoms with E-state index in [1.807, 2.05) is 19.1 Å². The number of anilines is 2. The number of nitrogens with two attached hydrogens (primary N) is 1. The molecule has 0 saturated heterocycles. The number of hydrogen-bond acceptors (Lipinski definition) is 3. The van der Waals surface area contributed by atoms with Crippen LogP contribution in [-0.2, 0) is 15.6 Å². The third kappa shape index (κ3) is 3.88. The van der Waals surface area contributed by atoms with Crippen LogP contribution < -0.4 is 11.1 Å². The Labute approximate surface area is 124 Å². The van der Waals surface area contributed by atoms with Crippen LogP contribution in [0.2, 0.25) is 0 Å². The van der Waals surface area contributed by atoms with Gasteiger partial charge < -0.3 is 11.1 Å². The van der Waals surface area contributed by atoms with Gasteiger partial charge in [-0.1, -0.05) is 18.2 Å². The first-order chi connectivity index (χ1) is 9.97. The lowest BCUT2D eigenvalue weighted by molar-refractivity contribution is -0.113. The predicted molar refractivity (Wildman–Crippen MR) is 81.9 cm³/mol. The number of benzene rings is 2. The van der Waals surface area contributed by atoms with Crippen molar-refractivity contribution in [1.29, 1.82) is 0 Å². The van der Waals surface area contributed by atoms with Gasteiger partial charge >= 0.3 is 0 Å². The van der Waals surface area contributed by atoms with Gasteiger partial charge in [-0.3, -0.25) is 9.00 Å². The van der Waals surface area contributed by atoms with Gasteiger partial charge in [0.1, 0.15) is 11.6 Å². The summed E-state index contributed by atoms with van der Waals surface area (Å²) in [6.45, 7) is 1.85. The third-order valence-electron chi connectivity index (χ3n) is 2.88. The second-order valence-electron chi connectivity index (χ2n) is 4.54. The molecule has 3 N–H and O–H groups in total. The first kappa shape index (κ1) is 15.2. The summed E-state index contributed by atoms with van der Waals surface area (Å²) >= 11 is 0. The molecular formula is C15H15FN2O2S. The minimum absolute atomic E-state index is 0.0240. The van der Waals surface area contributed by atoms with Gasteiger partial charge in [0, 0.05) is 11.4 Å². The third-order valence-corrected chi connectivity index (χ3v) is 4.23. The highest BCUT2D eigenvalue weighted by Gasteiger charge is 2.15. The normalized spacial score (nSPS) is 11.9. The molecule has 2 aromatic rings. The predicted octanol–water partition coefficient (Wildman–Crippen LogP) is 2.46. The van der Waals surface area contributed by atoms with Crippen LogP contribution in [0.25, 0.3) is 0 Å². The number of amides is 1. The van der Waals surface area contributed by atoms with E-state index in [0.29, 0.717) is 5.69 Å². The first-order valence-corrected chi connectivity index (χ1v) is 7.58. The highest BCUT2D eigenvalue weighted by molar-refractivity contribution is 7.85. The monoisotopic (exact) mass is 306 g/mol. The van der Waals surface area contributed by atoms with Crippen molar-refractivity contribution in [3.05, 3.63) is 53.8 Å². The molecule has 0 heterocycles. The van der Waals surface area contributed by atoms with Crippen molar-refractivity contribution >= 4 is 28.1 Å². The summed E-state index contributed by atoms with van der Waals surface area (Å²) in [6.07, 6.45) is 0. The zero-order valence-electron chi connectivity index (χ0n) is 11.4. The van der Waals surface area contributed by atoms with Crippen LogP contribution in [0, 0.1) is 12.7 Å². The summed E-state index contributed by atoms with van der Waals surface area (Å²) < 4.78 is 25.7. The van der Waals surface area contributed by atoms with Gasteiger partial charge in [0.15, 0.2) is 0 Å². The number of halogens is 1. The SMILES string of the molecule is Cc1ccccc1NC(=O)CS(=O)c1ccc(N)cc1F. The van der Waals surface area contributed by atoms with Crippen LogP contribution in [-0.4, -0.2) is 15.9 Å². The number of nitrogens with one attached hydrogen (secondary N) is 1. The van der Waals surface area contributed by atoms with Gasteiger partial charge in [0.25, 0.3) is 0 Å². The van der Waals surface area contributed by atoms with Crippen molar-refractivity contribution < 1.29 is 13.4 Å². The van der Waals surface area contributed by atoms with Crippen molar-refractivity contribution in [1.82, 2.24) is 0 Å². The van der Waals surface area contributed by atoms with Gasteiger partial charge in [0.05, 0.1) is 15.7 Å². The Balaban J connectivity index is 2.06. The molecule has 0 bridgehead atoms. The Morgan fingerprint density at radius 2 is 2.00 bits per heavy atom. The highest BCUT2D eigenvalue weighted by atomic mass is 32.2. The number of hydrogen-bond donors (Lipinski definition) is 2. The van der Waals surface area contributed by atoms with Crippen molar-refractivity contribution in [2.75, 3.05) is 16.8 Å². The maximum atomic E-state index is 13.6. The van der Waals surface area contributed by atoms with Gasteiger partial charge in [0.2, 0.25) is 5.91 Å². The largest absolute Gasteiger partial charge is 0.399 e. The van der Waals surface area contributed by atoms with E-state index in [9.17, 15) is 13.4 Å². The lowest BCUT2D eigenvalue weighted by Gasteiger charge is -2.08. The van der Waals surface area contributed by atoms with E-state index >= 15 is 0 Å². The molecule has 0 aliphatic carbocycles. The van der Waals surface area contributed by atoms with Crippen LogP contribution in [0.15, 0.2) is 47.4 Å². The molecule has 0 aliphatic rings. The van der Waals surface area contributed by atoms with Crippen LogP contribution in [0.1, 0.15) is 5.56 Å². The van der Waals surface area contributed by atoms with E-state index < -0.39 is 22.5 Å². The lowest BCUT2D eigenvalue weighted by atomic mass is 10.2. The van der Waals surface area contributed by atoms with Crippen LogP contribution in [0.3, 0.4) is 0 Å². The number of rotatable bonds is 4. The molecule has 110 valence electrons. The van der Waals surface area contributed by atoms with E-state index in [2.05, 4.69) is 5.32 Å². The van der Waals surface area contributed by atoms with E-state index in [-0.39, 0.29) is 16.3 Å². The van der Waals surface area contributed by atoms with Crippen LogP contribution >= 0.6 is 0 Å². The van der Waals surface area contributed by atoms with Gasteiger partial charge in [-0.2, -0.15) is 0 Å². The Morgan fingerprint density at radius 3 is 2.67 bits per heavy atom. The van der Waals surface area contributed by atoms with Crippen molar-refractivity contribution in [3.8, 4) is 0 Å². The zero-order chi connectivity index (χ0) is 15.4. The number of para-hydroxylation sites is 1. The van der Waals surface area contributed by atoms with Crippen molar-refractivity contribution in [2.24, 2.45) is 0 Å². The number of nitrogen functional groups attached to an aromatic ring is 1. The Bertz CT molecular complexity index is 704. The Kier molecular flexibility index (Phi) is 4.70. The lowest BCUT2D eigenvalue weighted by Crippen LogP contribution is -2.20. The molecule has 0 radical (unpaired) electrons. The Hall–Kier alpha value is -2.21. The summed E-state index contributed by atoms with van der Waals surface area (Å²) in [7, 11) is -1.76. The van der Waals surface area contributed by atoms with Gasteiger partial charge in [-0.05, 0) is 36.8 Å². The minimum Gasteiger partial charge on any atom is -0.399 e. The fourth-order valence-electron chi connectivity index (χ4n) is 1.80. The topological polar surface area (TPSA) is 72.2 Å². The van der Waals surface area contributed by atoms with E-state index in [0.717, 1.165) is 11.6 Å². The maximum Gasteiger partial charge on any atom is 0.237 e. The minimum atomic E-state index is -1.76. The molecule has 0 fully saturated rings. The molecule has 0 saturated carbocycles. The summed E-state index contributed by atoms with van der Waals surface area (Å²) in [5, 5.41) is 2.66. The Morgan fingerprint density at radius 1 is 1.29 bits per heavy atom. The molecule has 6 heteroatoms. The average molecular weight is 306 g/mol. The van der Waals surface area contributed by atoms with Crippen LogP contribution in [0.4, 0.5) is 15.8 Å². The van der Waals surface area contributed by atoms with E-state index in [1.54, 1.807) is 12.1 Å². The molecule has 0 aromatic heterocycles. The molecule has 2 rings (SSSR count). The zero-order valence-corrected chi connectivity index (χ0v) is 12.2. The maximum absolute atomic E-state index is 13.6. The fraction of sp³-hybridized carbons (Fsp3) is 0.133. The summed E-state index contributed by atoms with van der Waals surface area (Å²) in [4.78, 5) is 11.9. The quantitative estimate of drug-likeness (QED) is 0.852. The average Bonchev–Trinajstić information content (AvgIpc) is 2.41. The van der Waals surface area contributed by atoms with Crippen molar-refractivity contribution in [2.45, 2.75) is 11.8 Å².